The Kier molecular flexibility index (Phi) is 3.61. The molecule has 19 heavy (non-hydrogen) atoms. The first-order chi connectivity index (χ1) is 9.23. The van der Waals surface area contributed by atoms with Crippen LogP contribution in [-0.4, -0.2) is 23.2 Å². The molecule has 1 aromatic rings. The molecule has 1 saturated heterocycles. The van der Waals surface area contributed by atoms with Crippen LogP contribution in [0, 0.1) is 5.92 Å². The molecule has 2 fully saturated rings. The SMILES string of the molecule is CCCC1(c2nc(C3CCC(C)C3)no2)CCNC1. The Morgan fingerprint density at radius 2 is 2.32 bits per heavy atom. The lowest BCUT2D eigenvalue weighted by atomic mass is 9.82. The van der Waals surface area contributed by atoms with E-state index in [0.29, 0.717) is 5.92 Å². The number of aromatic nitrogens is 2. The van der Waals surface area contributed by atoms with Crippen LogP contribution < -0.4 is 5.32 Å². The van der Waals surface area contributed by atoms with E-state index in [0.717, 1.165) is 43.6 Å². The molecule has 4 nitrogen and oxygen atoms in total. The first-order valence-corrected chi connectivity index (χ1v) is 7.78. The summed E-state index contributed by atoms with van der Waals surface area (Å²) >= 11 is 0. The molecular formula is C15H25N3O. The van der Waals surface area contributed by atoms with Crippen molar-refractivity contribution in [3.05, 3.63) is 11.7 Å². The molecule has 1 aliphatic heterocycles. The van der Waals surface area contributed by atoms with Crippen LogP contribution in [0.2, 0.25) is 0 Å². The summed E-state index contributed by atoms with van der Waals surface area (Å²) in [6.07, 6.45) is 7.18. The fraction of sp³-hybridized carbons (Fsp3) is 0.867. The van der Waals surface area contributed by atoms with Crippen molar-refractivity contribution in [3.8, 4) is 0 Å². The summed E-state index contributed by atoms with van der Waals surface area (Å²) < 4.78 is 5.65. The highest BCUT2D eigenvalue weighted by Gasteiger charge is 2.40. The third-order valence-electron chi connectivity index (χ3n) is 4.93. The average molecular weight is 263 g/mol. The second kappa shape index (κ2) is 5.23. The minimum atomic E-state index is 0.101. The van der Waals surface area contributed by atoms with E-state index in [4.69, 9.17) is 9.51 Å². The van der Waals surface area contributed by atoms with Crippen LogP contribution in [0.5, 0.6) is 0 Å². The van der Waals surface area contributed by atoms with Gasteiger partial charge in [0.1, 0.15) is 0 Å². The fourth-order valence-corrected chi connectivity index (χ4v) is 3.78. The third kappa shape index (κ3) is 2.42. The van der Waals surface area contributed by atoms with Crippen molar-refractivity contribution >= 4 is 0 Å². The predicted molar refractivity (Wildman–Crippen MR) is 74.1 cm³/mol. The second-order valence-corrected chi connectivity index (χ2v) is 6.53. The standard InChI is InChI=1S/C15H25N3O/c1-3-6-15(7-8-16-10-15)14-17-13(18-19-14)12-5-4-11(2)9-12/h11-12,16H,3-10H2,1-2H3. The van der Waals surface area contributed by atoms with Crippen molar-refractivity contribution in [3.63, 3.8) is 0 Å². The van der Waals surface area contributed by atoms with Crippen LogP contribution in [-0.2, 0) is 5.41 Å². The Bertz CT molecular complexity index is 423. The summed E-state index contributed by atoms with van der Waals surface area (Å²) in [6, 6.07) is 0. The summed E-state index contributed by atoms with van der Waals surface area (Å²) in [7, 11) is 0. The molecule has 1 aliphatic carbocycles. The molecular weight excluding hydrogens is 238 g/mol. The van der Waals surface area contributed by atoms with Gasteiger partial charge < -0.3 is 9.84 Å². The van der Waals surface area contributed by atoms with Crippen LogP contribution in [0.25, 0.3) is 0 Å². The van der Waals surface area contributed by atoms with Gasteiger partial charge in [0, 0.05) is 12.5 Å². The highest BCUT2D eigenvalue weighted by molar-refractivity contribution is 5.11. The number of rotatable bonds is 4. The zero-order valence-electron chi connectivity index (χ0n) is 12.1. The van der Waals surface area contributed by atoms with Crippen molar-refractivity contribution in [1.29, 1.82) is 0 Å². The first-order valence-electron chi connectivity index (χ1n) is 7.78. The van der Waals surface area contributed by atoms with Crippen molar-refractivity contribution in [2.45, 2.75) is 63.7 Å². The van der Waals surface area contributed by atoms with Gasteiger partial charge in [-0.1, -0.05) is 25.4 Å². The van der Waals surface area contributed by atoms with Crippen LogP contribution >= 0.6 is 0 Å². The van der Waals surface area contributed by atoms with E-state index >= 15 is 0 Å². The first kappa shape index (κ1) is 13.1. The summed E-state index contributed by atoms with van der Waals surface area (Å²) in [4.78, 5) is 4.78. The number of hydrogen-bond donors (Lipinski definition) is 1. The van der Waals surface area contributed by atoms with Gasteiger partial charge in [-0.25, -0.2) is 0 Å². The molecule has 3 rings (SSSR count). The Morgan fingerprint density at radius 1 is 1.42 bits per heavy atom. The van der Waals surface area contributed by atoms with Gasteiger partial charge >= 0.3 is 0 Å². The minimum Gasteiger partial charge on any atom is -0.339 e. The van der Waals surface area contributed by atoms with Gasteiger partial charge in [0.15, 0.2) is 5.82 Å². The quantitative estimate of drug-likeness (QED) is 0.907. The number of hydrogen-bond acceptors (Lipinski definition) is 4. The largest absolute Gasteiger partial charge is 0.339 e. The topological polar surface area (TPSA) is 51.0 Å². The van der Waals surface area contributed by atoms with E-state index in [9.17, 15) is 0 Å². The van der Waals surface area contributed by atoms with Crippen molar-refractivity contribution < 1.29 is 4.52 Å². The van der Waals surface area contributed by atoms with E-state index in [2.05, 4.69) is 24.3 Å². The lowest BCUT2D eigenvalue weighted by molar-refractivity contribution is 0.275. The van der Waals surface area contributed by atoms with Crippen molar-refractivity contribution in [1.82, 2.24) is 15.5 Å². The van der Waals surface area contributed by atoms with Crippen LogP contribution in [0.4, 0.5) is 0 Å². The summed E-state index contributed by atoms with van der Waals surface area (Å²) in [5, 5.41) is 7.75. The van der Waals surface area contributed by atoms with Crippen molar-refractivity contribution in [2.24, 2.45) is 5.92 Å². The highest BCUT2D eigenvalue weighted by Crippen LogP contribution is 2.39. The molecule has 3 atom stereocenters. The van der Waals surface area contributed by atoms with E-state index in [1.165, 1.54) is 25.7 Å². The van der Waals surface area contributed by atoms with Crippen LogP contribution in [0.1, 0.15) is 70.0 Å². The van der Waals surface area contributed by atoms with Crippen molar-refractivity contribution in [2.75, 3.05) is 13.1 Å². The maximum absolute atomic E-state index is 5.65. The summed E-state index contributed by atoms with van der Waals surface area (Å²) in [6.45, 7) is 6.61. The Morgan fingerprint density at radius 3 is 2.95 bits per heavy atom. The summed E-state index contributed by atoms with van der Waals surface area (Å²) in [5.41, 5.74) is 0.101. The maximum atomic E-state index is 5.65. The highest BCUT2D eigenvalue weighted by atomic mass is 16.5. The maximum Gasteiger partial charge on any atom is 0.234 e. The van der Waals surface area contributed by atoms with Crippen LogP contribution in [0.15, 0.2) is 4.52 Å². The Labute approximate surface area is 115 Å². The van der Waals surface area contributed by atoms with Gasteiger partial charge in [-0.2, -0.15) is 4.98 Å². The van der Waals surface area contributed by atoms with Gasteiger partial charge in [0.25, 0.3) is 0 Å². The minimum absolute atomic E-state index is 0.101. The molecule has 1 saturated carbocycles. The van der Waals surface area contributed by atoms with E-state index in [1.807, 2.05) is 0 Å². The summed E-state index contributed by atoms with van der Waals surface area (Å²) in [5.74, 6) is 3.18. The molecule has 0 aromatic carbocycles. The van der Waals surface area contributed by atoms with Gasteiger partial charge in [0.2, 0.25) is 5.89 Å². The van der Waals surface area contributed by atoms with Gasteiger partial charge in [-0.15, -0.1) is 0 Å². The molecule has 0 spiro atoms. The molecule has 1 aromatic heterocycles. The zero-order valence-corrected chi connectivity index (χ0v) is 12.1. The number of nitrogens with one attached hydrogen (secondary N) is 1. The molecule has 0 radical (unpaired) electrons. The van der Waals surface area contributed by atoms with Gasteiger partial charge in [-0.3, -0.25) is 0 Å². The van der Waals surface area contributed by atoms with Crippen LogP contribution in [0.3, 0.4) is 0 Å². The average Bonchev–Trinajstić information content (AvgIpc) is 3.07. The molecule has 106 valence electrons. The lowest BCUT2D eigenvalue weighted by Crippen LogP contribution is -2.29. The van der Waals surface area contributed by atoms with E-state index < -0.39 is 0 Å². The predicted octanol–water partition coefficient (Wildman–Crippen LogP) is 3.00. The molecule has 4 heteroatoms. The molecule has 2 aliphatic rings. The third-order valence-corrected chi connectivity index (χ3v) is 4.93. The molecule has 1 N–H and O–H groups in total. The van der Waals surface area contributed by atoms with E-state index in [1.54, 1.807) is 0 Å². The molecule has 0 amide bonds. The monoisotopic (exact) mass is 263 g/mol. The normalized spacial score (nSPS) is 35.1. The molecule has 0 bridgehead atoms. The Hall–Kier alpha value is -0.900. The van der Waals surface area contributed by atoms with E-state index in [-0.39, 0.29) is 5.41 Å². The molecule has 2 heterocycles. The zero-order chi connectivity index (χ0) is 13.3. The fourth-order valence-electron chi connectivity index (χ4n) is 3.78. The second-order valence-electron chi connectivity index (χ2n) is 6.53. The van der Waals surface area contributed by atoms with Gasteiger partial charge in [0.05, 0.1) is 5.41 Å². The lowest BCUT2D eigenvalue weighted by Gasteiger charge is -2.22. The Balaban J connectivity index is 1.79. The molecule has 3 unspecified atom stereocenters. The van der Waals surface area contributed by atoms with Gasteiger partial charge in [-0.05, 0) is 44.6 Å². The number of nitrogens with zero attached hydrogens (tertiary/aromatic N) is 2. The smallest absolute Gasteiger partial charge is 0.234 e.